The number of hydrogen-bond donors (Lipinski definition) is 2. The third-order valence-corrected chi connectivity index (χ3v) is 0.497. The topological polar surface area (TPSA) is 50.4 Å². The van der Waals surface area contributed by atoms with Crippen molar-refractivity contribution in [2.24, 2.45) is 10.7 Å². The van der Waals surface area contributed by atoms with Gasteiger partial charge in [0.25, 0.3) is 0 Å². The van der Waals surface area contributed by atoms with Gasteiger partial charge in [-0.1, -0.05) is 0 Å². The third-order valence-electron chi connectivity index (χ3n) is 0.497. The van der Waals surface area contributed by atoms with Gasteiger partial charge in [0, 0.05) is 14.1 Å². The normalized spacial score (nSPS) is 11.6. The van der Waals surface area contributed by atoms with Gasteiger partial charge in [-0.3, -0.25) is 4.99 Å². The minimum atomic E-state index is -6.00. The summed E-state index contributed by atoms with van der Waals surface area (Å²) in [5.74, 6) is 0.468. The first kappa shape index (κ1) is 12.7. The van der Waals surface area contributed by atoms with Crippen molar-refractivity contribution in [3.63, 3.8) is 0 Å². The maximum Gasteiger partial charge on any atom is 0.673 e. The van der Waals surface area contributed by atoms with Crippen molar-refractivity contribution in [3.8, 4) is 0 Å². The van der Waals surface area contributed by atoms with E-state index in [1.165, 1.54) is 0 Å². The molecular weight excluding hydrogens is 165 g/mol. The number of nitrogens with one attached hydrogen (secondary N) is 1. The van der Waals surface area contributed by atoms with Crippen LogP contribution in [0.3, 0.4) is 0 Å². The van der Waals surface area contributed by atoms with E-state index in [2.05, 4.69) is 10.3 Å². The van der Waals surface area contributed by atoms with Crippen LogP contribution in [0, 0.1) is 0 Å². The maximum atomic E-state index is 9.75. The SMILES string of the molecule is CN=C(N)NC.F[B-](F)(F)F. The molecule has 0 heterocycles. The van der Waals surface area contributed by atoms with Crippen LogP contribution >= 0.6 is 0 Å². The van der Waals surface area contributed by atoms with Gasteiger partial charge in [0.15, 0.2) is 5.96 Å². The van der Waals surface area contributed by atoms with E-state index in [1.54, 1.807) is 14.1 Å². The molecule has 0 unspecified atom stereocenters. The Balaban J connectivity index is 0. The highest BCUT2D eigenvalue weighted by Gasteiger charge is 2.20. The molecule has 0 amide bonds. The molecule has 8 heteroatoms. The van der Waals surface area contributed by atoms with Crippen molar-refractivity contribution in [2.75, 3.05) is 14.1 Å². The molecule has 0 atom stereocenters. The fraction of sp³-hybridized carbons (Fsp3) is 0.667. The standard InChI is InChI=1S/C3H9N3.BF4/c1-5-3(4)6-2;2-1(3,4)5/h1-2H3,(H3,4,5,6);/q;-1. The van der Waals surface area contributed by atoms with Gasteiger partial charge in [0.2, 0.25) is 0 Å². The quantitative estimate of drug-likeness (QED) is 0.242. The van der Waals surface area contributed by atoms with Crippen LogP contribution in [0.4, 0.5) is 17.3 Å². The zero-order valence-corrected chi connectivity index (χ0v) is 6.11. The molecule has 0 fully saturated rings. The van der Waals surface area contributed by atoms with Gasteiger partial charge < -0.3 is 28.3 Å². The molecule has 0 aliphatic carbocycles. The predicted octanol–water partition coefficient (Wildman–Crippen LogP) is 0.450. The third kappa shape index (κ3) is 48.3. The predicted molar refractivity (Wildman–Crippen MR) is 36.8 cm³/mol. The zero-order valence-electron chi connectivity index (χ0n) is 6.11. The largest absolute Gasteiger partial charge is 0.673 e. The van der Waals surface area contributed by atoms with Crippen LogP contribution < -0.4 is 11.1 Å². The smallest absolute Gasteiger partial charge is 0.418 e. The Morgan fingerprint density at radius 1 is 1.36 bits per heavy atom. The summed E-state index contributed by atoms with van der Waals surface area (Å²) in [7, 11) is -2.64. The molecule has 0 aromatic carbocycles. The van der Waals surface area contributed by atoms with Crippen LogP contribution in [-0.4, -0.2) is 27.3 Å². The molecule has 68 valence electrons. The van der Waals surface area contributed by atoms with Crippen molar-refractivity contribution in [2.45, 2.75) is 0 Å². The molecule has 3 nitrogen and oxygen atoms in total. The van der Waals surface area contributed by atoms with Crippen molar-refractivity contribution in [1.82, 2.24) is 5.32 Å². The van der Waals surface area contributed by atoms with E-state index in [0.717, 1.165) is 0 Å². The first-order valence-corrected chi connectivity index (χ1v) is 2.58. The van der Waals surface area contributed by atoms with Gasteiger partial charge in [0.1, 0.15) is 0 Å². The number of rotatable bonds is 0. The molecule has 0 radical (unpaired) electrons. The number of nitrogens with zero attached hydrogens (tertiary/aromatic N) is 1. The van der Waals surface area contributed by atoms with Gasteiger partial charge in [-0.25, -0.2) is 0 Å². The lowest BCUT2D eigenvalue weighted by atomic mass is 10.3. The lowest BCUT2D eigenvalue weighted by Gasteiger charge is -1.94. The molecule has 3 N–H and O–H groups in total. The van der Waals surface area contributed by atoms with E-state index in [-0.39, 0.29) is 0 Å². The molecule has 0 aromatic rings. The first-order valence-electron chi connectivity index (χ1n) is 2.58. The van der Waals surface area contributed by atoms with Crippen LogP contribution in [0.15, 0.2) is 4.99 Å². The lowest BCUT2D eigenvalue weighted by Crippen LogP contribution is -2.27. The van der Waals surface area contributed by atoms with Gasteiger partial charge >= 0.3 is 7.25 Å². The van der Waals surface area contributed by atoms with E-state index in [4.69, 9.17) is 5.73 Å². The molecule has 11 heavy (non-hydrogen) atoms. The second-order valence-corrected chi connectivity index (χ2v) is 1.35. The average molecular weight is 174 g/mol. The number of guanidine groups is 1. The van der Waals surface area contributed by atoms with Crippen LogP contribution in [0.1, 0.15) is 0 Å². The summed E-state index contributed by atoms with van der Waals surface area (Å²) in [4.78, 5) is 3.59. The summed E-state index contributed by atoms with van der Waals surface area (Å²) >= 11 is 0. The second kappa shape index (κ2) is 5.81. The monoisotopic (exact) mass is 174 g/mol. The Labute approximate surface area is 61.8 Å². The molecule has 0 rings (SSSR count). The summed E-state index contributed by atoms with van der Waals surface area (Å²) < 4.78 is 39.0. The van der Waals surface area contributed by atoms with Crippen LogP contribution in [-0.2, 0) is 0 Å². The van der Waals surface area contributed by atoms with Gasteiger partial charge in [-0.15, -0.1) is 0 Å². The molecule has 0 aliphatic rings. The Hall–Kier alpha value is -0.945. The van der Waals surface area contributed by atoms with Crippen LogP contribution in [0.5, 0.6) is 0 Å². The van der Waals surface area contributed by atoms with Gasteiger partial charge in [0.05, 0.1) is 0 Å². The fourth-order valence-electron chi connectivity index (χ4n) is 0.112. The van der Waals surface area contributed by atoms with Crippen molar-refractivity contribution in [1.29, 1.82) is 0 Å². The van der Waals surface area contributed by atoms with Gasteiger partial charge in [-0.2, -0.15) is 0 Å². The van der Waals surface area contributed by atoms with E-state index in [1.807, 2.05) is 0 Å². The van der Waals surface area contributed by atoms with Crippen molar-refractivity contribution >= 4 is 13.2 Å². The molecule has 0 aliphatic heterocycles. The molecule has 0 saturated heterocycles. The van der Waals surface area contributed by atoms with Gasteiger partial charge in [-0.05, 0) is 0 Å². The highest BCUT2D eigenvalue weighted by molar-refractivity contribution is 6.50. The minimum Gasteiger partial charge on any atom is -0.418 e. The number of hydrogen-bond acceptors (Lipinski definition) is 1. The Bertz CT molecular complexity index is 116. The molecule has 0 bridgehead atoms. The molecule has 0 saturated carbocycles. The van der Waals surface area contributed by atoms with Crippen LogP contribution in [0.25, 0.3) is 0 Å². The summed E-state index contributed by atoms with van der Waals surface area (Å²) in [5, 5.41) is 2.64. The number of nitrogens with two attached hydrogens (primary N) is 1. The lowest BCUT2D eigenvalue weighted by molar-refractivity contribution is 0.368. The summed E-state index contributed by atoms with van der Waals surface area (Å²) in [6, 6.07) is 0. The Kier molecular flexibility index (Phi) is 6.71. The van der Waals surface area contributed by atoms with Crippen LogP contribution in [0.2, 0.25) is 0 Å². The Morgan fingerprint density at radius 3 is 1.64 bits per heavy atom. The second-order valence-electron chi connectivity index (χ2n) is 1.35. The summed E-state index contributed by atoms with van der Waals surface area (Å²) in [6.07, 6.45) is 0. The summed E-state index contributed by atoms with van der Waals surface area (Å²) in [6.45, 7) is 0. The maximum absolute atomic E-state index is 9.75. The highest BCUT2D eigenvalue weighted by Crippen LogP contribution is 2.06. The molecular formula is C3H9BF4N3-. The van der Waals surface area contributed by atoms with E-state index in [9.17, 15) is 17.3 Å². The van der Waals surface area contributed by atoms with E-state index in [0.29, 0.717) is 5.96 Å². The van der Waals surface area contributed by atoms with Crippen molar-refractivity contribution < 1.29 is 17.3 Å². The van der Waals surface area contributed by atoms with E-state index < -0.39 is 7.25 Å². The first-order chi connectivity index (χ1) is 4.81. The number of halogens is 4. The van der Waals surface area contributed by atoms with E-state index >= 15 is 0 Å². The Morgan fingerprint density at radius 2 is 1.64 bits per heavy atom. The summed E-state index contributed by atoms with van der Waals surface area (Å²) in [5.41, 5.74) is 5.11. The average Bonchev–Trinajstić information content (AvgIpc) is 1.83. The molecule has 0 spiro atoms. The minimum absolute atomic E-state index is 0.468. The number of aliphatic imine (C=N–C) groups is 1. The fourth-order valence-corrected chi connectivity index (χ4v) is 0.112. The zero-order chi connectivity index (χ0) is 9.49. The molecule has 0 aromatic heterocycles. The highest BCUT2D eigenvalue weighted by atomic mass is 19.5. The van der Waals surface area contributed by atoms with Crippen molar-refractivity contribution in [3.05, 3.63) is 0 Å².